The van der Waals surface area contributed by atoms with Crippen LogP contribution in [0.15, 0.2) is 17.2 Å². The van der Waals surface area contributed by atoms with Crippen molar-refractivity contribution in [2.45, 2.75) is 10.9 Å². The standard InChI is InChI=1S/C8H10ClN3O2S/c9-7-1-4(10)6(2-12-7)15-3-5(11)8(13)14/h1-2,5H,3,11H2,(H2,10,12)(H,13,14)/t5-/m0/s1. The summed E-state index contributed by atoms with van der Waals surface area (Å²) in [5.74, 6) is -0.800. The summed E-state index contributed by atoms with van der Waals surface area (Å²) < 4.78 is 0. The second-order valence-electron chi connectivity index (χ2n) is 2.80. The SMILES string of the molecule is Nc1cc(Cl)ncc1SC[C@H](N)C(=O)O. The lowest BCUT2D eigenvalue weighted by Gasteiger charge is -2.07. The number of aromatic nitrogens is 1. The molecule has 0 bridgehead atoms. The monoisotopic (exact) mass is 247 g/mol. The Morgan fingerprint density at radius 2 is 2.40 bits per heavy atom. The average molecular weight is 248 g/mol. The topological polar surface area (TPSA) is 102 Å². The number of thioether (sulfide) groups is 1. The highest BCUT2D eigenvalue weighted by molar-refractivity contribution is 7.99. The van der Waals surface area contributed by atoms with Gasteiger partial charge in [-0.2, -0.15) is 0 Å². The maximum absolute atomic E-state index is 10.5. The minimum Gasteiger partial charge on any atom is -0.480 e. The number of nitrogen functional groups attached to an aromatic ring is 1. The molecule has 1 aromatic rings. The van der Waals surface area contributed by atoms with Crippen molar-refractivity contribution in [3.63, 3.8) is 0 Å². The lowest BCUT2D eigenvalue weighted by molar-refractivity contribution is -0.137. The van der Waals surface area contributed by atoms with Crippen LogP contribution in [0.25, 0.3) is 0 Å². The zero-order valence-corrected chi connectivity index (χ0v) is 9.26. The number of carboxylic acid groups (broad SMARTS) is 1. The van der Waals surface area contributed by atoms with Crippen LogP contribution in [0.1, 0.15) is 0 Å². The van der Waals surface area contributed by atoms with Crippen LogP contribution in [0.2, 0.25) is 5.15 Å². The summed E-state index contributed by atoms with van der Waals surface area (Å²) in [5.41, 5.74) is 11.5. The molecular weight excluding hydrogens is 238 g/mol. The minimum absolute atomic E-state index is 0.239. The summed E-state index contributed by atoms with van der Waals surface area (Å²) in [7, 11) is 0. The maximum Gasteiger partial charge on any atom is 0.321 e. The van der Waals surface area contributed by atoms with Gasteiger partial charge in [-0.25, -0.2) is 4.98 Å². The van der Waals surface area contributed by atoms with Crippen molar-refractivity contribution in [2.75, 3.05) is 11.5 Å². The van der Waals surface area contributed by atoms with Crippen molar-refractivity contribution in [1.29, 1.82) is 0 Å². The van der Waals surface area contributed by atoms with Gasteiger partial charge in [0.1, 0.15) is 11.2 Å². The molecule has 0 aromatic carbocycles. The first-order valence-electron chi connectivity index (χ1n) is 4.03. The van der Waals surface area contributed by atoms with Gasteiger partial charge in [0.15, 0.2) is 0 Å². The first-order chi connectivity index (χ1) is 7.00. The minimum atomic E-state index is -1.04. The molecule has 7 heteroatoms. The Bertz CT molecular complexity index is 375. The second kappa shape index (κ2) is 5.20. The van der Waals surface area contributed by atoms with Crippen molar-refractivity contribution < 1.29 is 9.90 Å². The molecule has 1 atom stereocenters. The molecule has 0 amide bonds. The van der Waals surface area contributed by atoms with E-state index < -0.39 is 12.0 Å². The predicted molar refractivity (Wildman–Crippen MR) is 60.0 cm³/mol. The number of carboxylic acids is 1. The number of anilines is 1. The molecule has 0 radical (unpaired) electrons. The summed E-state index contributed by atoms with van der Waals surface area (Å²) in [6.07, 6.45) is 1.50. The zero-order valence-electron chi connectivity index (χ0n) is 7.68. The molecule has 0 spiro atoms. The molecule has 0 fully saturated rings. The number of hydrogen-bond acceptors (Lipinski definition) is 5. The van der Waals surface area contributed by atoms with Crippen LogP contribution in [-0.4, -0.2) is 27.9 Å². The lowest BCUT2D eigenvalue weighted by Crippen LogP contribution is -2.32. The van der Waals surface area contributed by atoms with E-state index in [0.29, 0.717) is 15.7 Å². The smallest absolute Gasteiger partial charge is 0.321 e. The van der Waals surface area contributed by atoms with E-state index in [-0.39, 0.29) is 5.75 Å². The summed E-state index contributed by atoms with van der Waals surface area (Å²) >= 11 is 6.85. The first-order valence-corrected chi connectivity index (χ1v) is 5.39. The number of hydrogen-bond donors (Lipinski definition) is 3. The van der Waals surface area contributed by atoms with Crippen molar-refractivity contribution in [1.82, 2.24) is 4.98 Å². The highest BCUT2D eigenvalue weighted by Crippen LogP contribution is 2.26. The number of rotatable bonds is 4. The third kappa shape index (κ3) is 3.58. The van der Waals surface area contributed by atoms with Crippen LogP contribution in [0.3, 0.4) is 0 Å². The van der Waals surface area contributed by atoms with E-state index in [9.17, 15) is 4.79 Å². The van der Waals surface area contributed by atoms with Crippen LogP contribution >= 0.6 is 23.4 Å². The number of nitrogens with two attached hydrogens (primary N) is 2. The molecule has 0 aliphatic heterocycles. The molecule has 5 nitrogen and oxygen atoms in total. The van der Waals surface area contributed by atoms with E-state index in [4.69, 9.17) is 28.2 Å². The van der Waals surface area contributed by atoms with Crippen LogP contribution < -0.4 is 11.5 Å². The van der Waals surface area contributed by atoms with Crippen LogP contribution in [0.5, 0.6) is 0 Å². The van der Waals surface area contributed by atoms with E-state index in [1.54, 1.807) is 0 Å². The van der Waals surface area contributed by atoms with Crippen LogP contribution in [0.4, 0.5) is 5.69 Å². The fraction of sp³-hybridized carbons (Fsp3) is 0.250. The molecule has 0 unspecified atom stereocenters. The number of aliphatic carboxylic acids is 1. The number of halogens is 1. The molecule has 15 heavy (non-hydrogen) atoms. The van der Waals surface area contributed by atoms with Gasteiger partial charge >= 0.3 is 5.97 Å². The highest BCUT2D eigenvalue weighted by Gasteiger charge is 2.12. The fourth-order valence-corrected chi connectivity index (χ4v) is 1.82. The molecule has 5 N–H and O–H groups in total. The summed E-state index contributed by atoms with van der Waals surface area (Å²) in [5, 5.41) is 8.87. The first kappa shape index (κ1) is 12.1. The molecule has 0 aliphatic carbocycles. The Morgan fingerprint density at radius 1 is 1.73 bits per heavy atom. The third-order valence-corrected chi connectivity index (χ3v) is 2.98. The van der Waals surface area contributed by atoms with Gasteiger partial charge in [-0.3, -0.25) is 4.79 Å². The maximum atomic E-state index is 10.5. The van der Waals surface area contributed by atoms with Gasteiger partial charge in [0.25, 0.3) is 0 Å². The van der Waals surface area contributed by atoms with Crippen molar-refractivity contribution in [3.05, 3.63) is 17.4 Å². The molecule has 1 rings (SSSR count). The molecular formula is C8H10ClN3O2S. The number of carbonyl (C=O) groups is 1. The lowest BCUT2D eigenvalue weighted by atomic mass is 10.4. The van der Waals surface area contributed by atoms with Gasteiger partial charge in [0.2, 0.25) is 0 Å². The van der Waals surface area contributed by atoms with Gasteiger partial charge in [-0.05, 0) is 6.07 Å². The van der Waals surface area contributed by atoms with Gasteiger partial charge in [-0.1, -0.05) is 11.6 Å². The molecule has 1 heterocycles. The summed E-state index contributed by atoms with van der Waals surface area (Å²) in [4.78, 5) is 15.0. The average Bonchev–Trinajstić information content (AvgIpc) is 2.15. The van der Waals surface area contributed by atoms with Crippen LogP contribution in [-0.2, 0) is 4.79 Å². The highest BCUT2D eigenvalue weighted by atomic mass is 35.5. The van der Waals surface area contributed by atoms with Crippen molar-refractivity contribution >= 4 is 35.0 Å². The fourth-order valence-electron chi connectivity index (χ4n) is 0.803. The normalized spacial score (nSPS) is 12.4. The van der Waals surface area contributed by atoms with Crippen molar-refractivity contribution in [3.8, 4) is 0 Å². The summed E-state index contributed by atoms with van der Waals surface area (Å²) in [6.45, 7) is 0. The molecule has 82 valence electrons. The Labute approximate surface area is 95.8 Å². The van der Waals surface area contributed by atoms with Gasteiger partial charge in [0.05, 0.1) is 0 Å². The van der Waals surface area contributed by atoms with Gasteiger partial charge < -0.3 is 16.6 Å². The largest absolute Gasteiger partial charge is 0.480 e. The Morgan fingerprint density at radius 3 is 2.93 bits per heavy atom. The Balaban J connectivity index is 2.62. The van der Waals surface area contributed by atoms with E-state index in [1.165, 1.54) is 24.0 Å². The zero-order chi connectivity index (χ0) is 11.4. The van der Waals surface area contributed by atoms with Crippen molar-refractivity contribution in [2.24, 2.45) is 5.73 Å². The van der Waals surface area contributed by atoms with Gasteiger partial charge in [-0.15, -0.1) is 11.8 Å². The molecule has 0 saturated carbocycles. The van der Waals surface area contributed by atoms with E-state index >= 15 is 0 Å². The van der Waals surface area contributed by atoms with E-state index in [1.807, 2.05) is 0 Å². The third-order valence-electron chi connectivity index (χ3n) is 1.60. The second-order valence-corrected chi connectivity index (χ2v) is 4.25. The number of pyridine rings is 1. The summed E-state index contributed by atoms with van der Waals surface area (Å²) in [6, 6.07) is 0.598. The predicted octanol–water partition coefficient (Wildman–Crippen LogP) is 0.821. The molecule has 1 aromatic heterocycles. The van der Waals surface area contributed by atoms with Crippen LogP contribution in [0, 0.1) is 0 Å². The number of nitrogens with zero attached hydrogens (tertiary/aromatic N) is 1. The van der Waals surface area contributed by atoms with Gasteiger partial charge in [0, 0.05) is 22.5 Å². The quantitative estimate of drug-likeness (QED) is 0.538. The van der Waals surface area contributed by atoms with E-state index in [0.717, 1.165) is 0 Å². The molecule has 0 saturated heterocycles. The Kier molecular flexibility index (Phi) is 4.19. The Hall–Kier alpha value is -0.980. The molecule has 0 aliphatic rings. The van der Waals surface area contributed by atoms with E-state index in [2.05, 4.69) is 4.98 Å².